The third-order valence-corrected chi connectivity index (χ3v) is 3.85. The molecule has 0 spiro atoms. The topological polar surface area (TPSA) is 49.2 Å². The molecule has 5 heteroatoms. The molecule has 3 heterocycles. The van der Waals surface area contributed by atoms with Crippen molar-refractivity contribution < 1.29 is 5.11 Å². The molecule has 0 aliphatic carbocycles. The summed E-state index contributed by atoms with van der Waals surface area (Å²) in [5.74, 6) is 0. The van der Waals surface area contributed by atoms with Gasteiger partial charge in [-0.25, -0.2) is 4.98 Å². The summed E-state index contributed by atoms with van der Waals surface area (Å²) in [6.45, 7) is 2.75. The lowest BCUT2D eigenvalue weighted by molar-refractivity contribution is 0.0792. The highest BCUT2D eigenvalue weighted by Gasteiger charge is 2.17. The average Bonchev–Trinajstić information content (AvgIpc) is 2.42. The number of rotatable bonds is 2. The van der Waals surface area contributed by atoms with Crippen molar-refractivity contribution >= 4 is 22.5 Å². The van der Waals surface area contributed by atoms with Gasteiger partial charge in [0.05, 0.1) is 6.10 Å². The molecule has 1 fully saturated rings. The van der Waals surface area contributed by atoms with E-state index >= 15 is 0 Å². The Morgan fingerprint density at radius 2 is 2.11 bits per heavy atom. The molecule has 1 saturated heterocycles. The van der Waals surface area contributed by atoms with E-state index in [1.54, 1.807) is 6.20 Å². The number of hydrogen-bond donors (Lipinski definition) is 1. The van der Waals surface area contributed by atoms with Crippen LogP contribution in [0.4, 0.5) is 0 Å². The maximum Gasteiger partial charge on any atom is 0.155 e. The Morgan fingerprint density at radius 3 is 2.89 bits per heavy atom. The third kappa shape index (κ3) is 2.86. The van der Waals surface area contributed by atoms with Gasteiger partial charge in [0.2, 0.25) is 0 Å². The average molecular weight is 278 g/mol. The first kappa shape index (κ1) is 12.8. The normalized spacial score (nSPS) is 18.0. The number of aliphatic hydroxyl groups excluding tert-OH is 1. The van der Waals surface area contributed by atoms with E-state index in [4.69, 9.17) is 11.6 Å². The second-order valence-corrected chi connectivity index (χ2v) is 5.38. The van der Waals surface area contributed by atoms with Crippen LogP contribution in [0.2, 0.25) is 5.15 Å². The maximum atomic E-state index is 9.50. The van der Waals surface area contributed by atoms with Crippen LogP contribution >= 0.6 is 11.6 Å². The zero-order valence-corrected chi connectivity index (χ0v) is 11.3. The smallest absolute Gasteiger partial charge is 0.155 e. The minimum absolute atomic E-state index is 0.129. The zero-order chi connectivity index (χ0) is 13.2. The molecule has 0 bridgehead atoms. The molecule has 1 aliphatic heterocycles. The molecule has 0 unspecified atom stereocenters. The molecule has 100 valence electrons. The Bertz CT molecular complexity index is 582. The SMILES string of the molecule is OC1CCN(Cc2cnc3c(Cl)nccc3c2)CC1. The Morgan fingerprint density at radius 1 is 1.32 bits per heavy atom. The third-order valence-electron chi connectivity index (χ3n) is 3.57. The highest BCUT2D eigenvalue weighted by molar-refractivity contribution is 6.33. The molecule has 0 radical (unpaired) electrons. The van der Waals surface area contributed by atoms with Crippen LogP contribution in [0.25, 0.3) is 10.9 Å². The fourth-order valence-corrected chi connectivity index (χ4v) is 2.71. The van der Waals surface area contributed by atoms with Gasteiger partial charge in [0.15, 0.2) is 5.15 Å². The van der Waals surface area contributed by atoms with Crippen LogP contribution in [0.5, 0.6) is 0 Å². The standard InChI is InChI=1S/C14H16ClN3O/c15-14-13-11(1-4-16-14)7-10(8-17-13)9-18-5-2-12(19)3-6-18/h1,4,7-8,12,19H,2-3,5-6,9H2. The number of halogens is 1. The first-order chi connectivity index (χ1) is 9.22. The summed E-state index contributed by atoms with van der Waals surface area (Å²) in [6.07, 6.45) is 5.15. The molecule has 1 aliphatic rings. The molecule has 0 saturated carbocycles. The Labute approximate surface area is 117 Å². The van der Waals surface area contributed by atoms with Crippen molar-refractivity contribution in [1.82, 2.24) is 14.9 Å². The number of hydrogen-bond acceptors (Lipinski definition) is 4. The fourth-order valence-electron chi connectivity index (χ4n) is 2.49. The van der Waals surface area contributed by atoms with Crippen LogP contribution < -0.4 is 0 Å². The summed E-state index contributed by atoms with van der Waals surface area (Å²) in [5, 5.41) is 11.0. The molecule has 0 aromatic carbocycles. The van der Waals surface area contributed by atoms with E-state index in [1.165, 1.54) is 5.56 Å². The molecule has 2 aromatic rings. The summed E-state index contributed by atoms with van der Waals surface area (Å²) in [4.78, 5) is 10.8. The number of piperidine rings is 1. The van der Waals surface area contributed by atoms with Gasteiger partial charge in [-0.05, 0) is 30.5 Å². The van der Waals surface area contributed by atoms with E-state index in [-0.39, 0.29) is 6.10 Å². The van der Waals surface area contributed by atoms with Crippen molar-refractivity contribution in [3.05, 3.63) is 35.2 Å². The van der Waals surface area contributed by atoms with Crippen LogP contribution in [0, 0.1) is 0 Å². The fraction of sp³-hybridized carbons (Fsp3) is 0.429. The lowest BCUT2D eigenvalue weighted by Crippen LogP contribution is -2.35. The molecular formula is C14H16ClN3O. The van der Waals surface area contributed by atoms with Gasteiger partial charge in [-0.3, -0.25) is 9.88 Å². The van der Waals surface area contributed by atoms with Crippen LogP contribution in [0.3, 0.4) is 0 Å². The van der Waals surface area contributed by atoms with Gasteiger partial charge >= 0.3 is 0 Å². The summed E-state index contributed by atoms with van der Waals surface area (Å²) in [7, 11) is 0. The molecule has 0 amide bonds. The number of likely N-dealkylation sites (tertiary alicyclic amines) is 1. The van der Waals surface area contributed by atoms with Gasteiger partial charge in [0.1, 0.15) is 5.52 Å². The number of aliphatic hydroxyl groups is 1. The van der Waals surface area contributed by atoms with Crippen molar-refractivity contribution in [3.8, 4) is 0 Å². The lowest BCUT2D eigenvalue weighted by atomic mass is 10.1. The summed E-state index contributed by atoms with van der Waals surface area (Å²) in [5.41, 5.74) is 1.92. The molecule has 4 nitrogen and oxygen atoms in total. The largest absolute Gasteiger partial charge is 0.393 e. The van der Waals surface area contributed by atoms with Crippen molar-refractivity contribution in [3.63, 3.8) is 0 Å². The molecule has 0 atom stereocenters. The minimum atomic E-state index is -0.129. The second kappa shape index (κ2) is 5.41. The molecule has 2 aromatic heterocycles. The Hall–Kier alpha value is -1.23. The quantitative estimate of drug-likeness (QED) is 0.856. The predicted octanol–water partition coefficient (Wildman–Crippen LogP) is 2.24. The molecule has 1 N–H and O–H groups in total. The Balaban J connectivity index is 1.78. The Kier molecular flexibility index (Phi) is 3.64. The predicted molar refractivity (Wildman–Crippen MR) is 75.1 cm³/mol. The highest BCUT2D eigenvalue weighted by atomic mass is 35.5. The van der Waals surface area contributed by atoms with E-state index in [0.29, 0.717) is 5.15 Å². The molecular weight excluding hydrogens is 262 g/mol. The van der Waals surface area contributed by atoms with E-state index in [1.807, 2.05) is 12.3 Å². The number of fused-ring (bicyclic) bond motifs is 1. The second-order valence-electron chi connectivity index (χ2n) is 5.02. The maximum absolute atomic E-state index is 9.50. The van der Waals surface area contributed by atoms with Crippen molar-refractivity contribution in [2.24, 2.45) is 0 Å². The summed E-state index contributed by atoms with van der Waals surface area (Å²) < 4.78 is 0. The monoisotopic (exact) mass is 277 g/mol. The number of nitrogens with zero attached hydrogens (tertiary/aromatic N) is 3. The van der Waals surface area contributed by atoms with E-state index in [9.17, 15) is 5.11 Å². The summed E-state index contributed by atoms with van der Waals surface area (Å²) >= 11 is 6.01. The van der Waals surface area contributed by atoms with Crippen molar-refractivity contribution in [2.45, 2.75) is 25.5 Å². The zero-order valence-electron chi connectivity index (χ0n) is 10.6. The van der Waals surface area contributed by atoms with E-state index < -0.39 is 0 Å². The van der Waals surface area contributed by atoms with Gasteiger partial charge in [-0.2, -0.15) is 0 Å². The number of aromatic nitrogens is 2. The van der Waals surface area contributed by atoms with Gasteiger partial charge in [-0.1, -0.05) is 11.6 Å². The van der Waals surface area contributed by atoms with Crippen LogP contribution in [0.1, 0.15) is 18.4 Å². The van der Waals surface area contributed by atoms with Crippen LogP contribution in [0.15, 0.2) is 24.5 Å². The molecule has 3 rings (SSSR count). The summed E-state index contributed by atoms with van der Waals surface area (Å²) in [6, 6.07) is 4.04. The lowest BCUT2D eigenvalue weighted by Gasteiger charge is -2.29. The number of pyridine rings is 2. The first-order valence-corrected chi connectivity index (χ1v) is 6.90. The van der Waals surface area contributed by atoms with Gasteiger partial charge < -0.3 is 5.11 Å². The molecule has 19 heavy (non-hydrogen) atoms. The highest BCUT2D eigenvalue weighted by Crippen LogP contribution is 2.21. The first-order valence-electron chi connectivity index (χ1n) is 6.52. The van der Waals surface area contributed by atoms with E-state index in [2.05, 4.69) is 20.9 Å². The van der Waals surface area contributed by atoms with Crippen LogP contribution in [-0.4, -0.2) is 39.2 Å². The minimum Gasteiger partial charge on any atom is -0.393 e. The van der Waals surface area contributed by atoms with E-state index in [0.717, 1.165) is 43.4 Å². The van der Waals surface area contributed by atoms with Crippen LogP contribution in [-0.2, 0) is 6.54 Å². The van der Waals surface area contributed by atoms with Gasteiger partial charge in [0.25, 0.3) is 0 Å². The van der Waals surface area contributed by atoms with Gasteiger partial charge in [0, 0.05) is 37.4 Å². The van der Waals surface area contributed by atoms with Crippen molar-refractivity contribution in [2.75, 3.05) is 13.1 Å². The van der Waals surface area contributed by atoms with Crippen molar-refractivity contribution in [1.29, 1.82) is 0 Å². The van der Waals surface area contributed by atoms with Gasteiger partial charge in [-0.15, -0.1) is 0 Å².